The van der Waals surface area contributed by atoms with Crippen LogP contribution in [0.4, 0.5) is 0 Å². The molecule has 3 aliphatic rings. The summed E-state index contributed by atoms with van der Waals surface area (Å²) < 4.78 is 26.2. The van der Waals surface area contributed by atoms with Crippen molar-refractivity contribution in [2.24, 2.45) is 23.2 Å². The van der Waals surface area contributed by atoms with Crippen LogP contribution < -0.4 is 0 Å². The fraction of sp³-hybridized carbons (Fsp3) is 0.880. The van der Waals surface area contributed by atoms with E-state index in [1.54, 1.807) is 7.11 Å². The van der Waals surface area contributed by atoms with Crippen molar-refractivity contribution in [1.29, 1.82) is 0 Å². The monoisotopic (exact) mass is 482 g/mol. The van der Waals surface area contributed by atoms with Gasteiger partial charge in [-0.15, -0.1) is 0 Å². The lowest BCUT2D eigenvalue weighted by molar-refractivity contribution is -0.282. The predicted molar refractivity (Wildman–Crippen MR) is 134 cm³/mol. The molecule has 1 saturated heterocycles. The minimum Gasteiger partial charge on any atom is -0.414 e. The van der Waals surface area contributed by atoms with Crippen molar-refractivity contribution in [1.82, 2.24) is 0 Å². The minimum absolute atomic E-state index is 0.0149. The van der Waals surface area contributed by atoms with E-state index >= 15 is 0 Å². The SMILES string of the molecule is CO[C@H]1O[C@H](CO[Si](C)(C)C(C)(C)C)[C@@H](O[Si](C)(C)C(C)(C)C)[C@@]2(C=O)[C@@H]1[C@H]1C=C[C@@H]2C1. The second kappa shape index (κ2) is 8.41. The maximum Gasteiger partial charge on any atom is 0.192 e. The molecular formula is C25H46O5Si2. The van der Waals surface area contributed by atoms with Crippen molar-refractivity contribution in [3.05, 3.63) is 12.2 Å². The van der Waals surface area contributed by atoms with Gasteiger partial charge in [0.1, 0.15) is 12.4 Å². The molecule has 7 heteroatoms. The van der Waals surface area contributed by atoms with E-state index in [-0.39, 0.29) is 34.1 Å². The molecule has 32 heavy (non-hydrogen) atoms. The molecule has 5 nitrogen and oxygen atoms in total. The van der Waals surface area contributed by atoms with Crippen LogP contribution >= 0.6 is 0 Å². The van der Waals surface area contributed by atoms with Gasteiger partial charge in [0.25, 0.3) is 0 Å². The molecule has 1 heterocycles. The molecule has 0 radical (unpaired) electrons. The lowest BCUT2D eigenvalue weighted by Crippen LogP contribution is -2.66. The normalized spacial score (nSPS) is 37.6. The molecule has 2 aliphatic carbocycles. The van der Waals surface area contributed by atoms with Crippen LogP contribution in [0.3, 0.4) is 0 Å². The summed E-state index contributed by atoms with van der Waals surface area (Å²) in [5.41, 5.74) is -0.630. The van der Waals surface area contributed by atoms with Gasteiger partial charge in [0.2, 0.25) is 0 Å². The van der Waals surface area contributed by atoms with Crippen molar-refractivity contribution in [3.63, 3.8) is 0 Å². The Kier molecular flexibility index (Phi) is 6.91. The van der Waals surface area contributed by atoms with Crippen molar-refractivity contribution in [2.75, 3.05) is 13.7 Å². The molecule has 2 bridgehead atoms. The van der Waals surface area contributed by atoms with E-state index in [0.717, 1.165) is 6.42 Å². The maximum absolute atomic E-state index is 13.0. The number of hydrogen-bond donors (Lipinski definition) is 0. The molecule has 2 fully saturated rings. The highest BCUT2D eigenvalue weighted by Crippen LogP contribution is 2.62. The first-order chi connectivity index (χ1) is 14.5. The van der Waals surface area contributed by atoms with Crippen LogP contribution in [0.25, 0.3) is 0 Å². The third-order valence-corrected chi connectivity index (χ3v) is 18.3. The highest BCUT2D eigenvalue weighted by molar-refractivity contribution is 6.74. The molecule has 0 aromatic rings. The Morgan fingerprint density at radius 3 is 2.12 bits per heavy atom. The zero-order chi connectivity index (χ0) is 24.3. The molecule has 3 rings (SSSR count). The Bertz CT molecular complexity index is 736. The van der Waals surface area contributed by atoms with Gasteiger partial charge >= 0.3 is 0 Å². The number of carbonyl (C=O) groups excluding carboxylic acids is 1. The first kappa shape index (κ1) is 26.3. The molecule has 0 unspecified atom stereocenters. The van der Waals surface area contributed by atoms with Gasteiger partial charge in [-0.05, 0) is 54.5 Å². The zero-order valence-electron chi connectivity index (χ0n) is 22.2. The Balaban J connectivity index is 2.02. The summed E-state index contributed by atoms with van der Waals surface area (Å²) in [6, 6.07) is 0. The summed E-state index contributed by atoms with van der Waals surface area (Å²) in [5.74, 6) is 0.448. The van der Waals surface area contributed by atoms with Crippen LogP contribution in [0.5, 0.6) is 0 Å². The average molecular weight is 483 g/mol. The lowest BCUT2D eigenvalue weighted by atomic mass is 9.63. The summed E-state index contributed by atoms with van der Waals surface area (Å²) in [7, 11) is -2.48. The third-order valence-electron chi connectivity index (χ3n) is 9.31. The van der Waals surface area contributed by atoms with Crippen molar-refractivity contribution < 1.29 is 23.1 Å². The second-order valence-corrected chi connectivity index (χ2v) is 22.7. The van der Waals surface area contributed by atoms with E-state index in [0.29, 0.717) is 12.5 Å². The van der Waals surface area contributed by atoms with Crippen LogP contribution in [0.1, 0.15) is 48.0 Å². The molecule has 0 aromatic carbocycles. The Hall–Kier alpha value is -0.316. The Morgan fingerprint density at radius 2 is 1.62 bits per heavy atom. The topological polar surface area (TPSA) is 54.0 Å². The van der Waals surface area contributed by atoms with Gasteiger partial charge in [-0.3, -0.25) is 0 Å². The number of allylic oxidation sites excluding steroid dienone is 2. The fourth-order valence-electron chi connectivity index (χ4n) is 5.21. The molecule has 1 saturated carbocycles. The van der Waals surface area contributed by atoms with Crippen LogP contribution in [0.15, 0.2) is 12.2 Å². The Labute approximate surface area is 197 Å². The van der Waals surface area contributed by atoms with Crippen molar-refractivity contribution in [2.45, 2.75) is 103 Å². The standard InChI is InChI=1S/C25H46O5Si2/c1-23(2,3)31(8,9)28-15-19-21(30-32(10,11)24(4,5)6)25(16-26)18-13-12-17(14-18)20(25)22(27-7)29-19/h12-13,16-22H,14-15H2,1-11H3/t17-,18+,19+,20+,21+,22-,25+/m0/s1. The van der Waals surface area contributed by atoms with Gasteiger partial charge in [0, 0.05) is 13.0 Å². The van der Waals surface area contributed by atoms with Gasteiger partial charge < -0.3 is 23.1 Å². The van der Waals surface area contributed by atoms with Crippen molar-refractivity contribution in [3.8, 4) is 0 Å². The van der Waals surface area contributed by atoms with E-state index in [2.05, 4.69) is 79.9 Å². The van der Waals surface area contributed by atoms with Gasteiger partial charge in [0.15, 0.2) is 22.9 Å². The highest BCUT2D eigenvalue weighted by atomic mass is 28.4. The number of carbonyl (C=O) groups is 1. The Morgan fingerprint density at radius 1 is 1.03 bits per heavy atom. The number of fused-ring (bicyclic) bond motifs is 5. The van der Waals surface area contributed by atoms with Crippen molar-refractivity contribution >= 4 is 22.9 Å². The molecule has 1 aliphatic heterocycles. The van der Waals surface area contributed by atoms with E-state index < -0.39 is 28.3 Å². The summed E-state index contributed by atoms with van der Waals surface area (Å²) >= 11 is 0. The van der Waals surface area contributed by atoms with Crippen LogP contribution in [0.2, 0.25) is 36.3 Å². The maximum atomic E-state index is 13.0. The summed E-state index contributed by atoms with van der Waals surface area (Å²) in [5, 5.41) is 0.126. The fourth-order valence-corrected chi connectivity index (χ4v) is 7.57. The number of methoxy groups -OCH3 is 1. The lowest BCUT2D eigenvalue weighted by Gasteiger charge is -2.55. The van der Waals surface area contributed by atoms with Gasteiger partial charge in [0.05, 0.1) is 18.1 Å². The van der Waals surface area contributed by atoms with Crippen LogP contribution in [0, 0.1) is 23.2 Å². The van der Waals surface area contributed by atoms with E-state index in [1.165, 1.54) is 6.29 Å². The van der Waals surface area contributed by atoms with E-state index in [4.69, 9.17) is 18.3 Å². The van der Waals surface area contributed by atoms with Gasteiger partial charge in [-0.25, -0.2) is 0 Å². The third kappa shape index (κ3) is 4.15. The summed E-state index contributed by atoms with van der Waals surface area (Å²) in [4.78, 5) is 13.0. The molecule has 0 aromatic heterocycles. The molecule has 7 atom stereocenters. The first-order valence-corrected chi connectivity index (χ1v) is 18.0. The summed E-state index contributed by atoms with van der Waals surface area (Å²) in [6.45, 7) is 22.9. The van der Waals surface area contributed by atoms with Gasteiger partial charge in [-0.2, -0.15) is 0 Å². The largest absolute Gasteiger partial charge is 0.414 e. The van der Waals surface area contributed by atoms with Crippen LogP contribution in [-0.4, -0.2) is 55.1 Å². The van der Waals surface area contributed by atoms with E-state index in [1.807, 2.05) is 0 Å². The van der Waals surface area contributed by atoms with E-state index in [9.17, 15) is 4.79 Å². The van der Waals surface area contributed by atoms with Gasteiger partial charge in [-0.1, -0.05) is 53.7 Å². The zero-order valence-corrected chi connectivity index (χ0v) is 24.2. The smallest absolute Gasteiger partial charge is 0.192 e. The summed E-state index contributed by atoms with van der Waals surface area (Å²) in [6.07, 6.45) is 5.56. The second-order valence-electron chi connectivity index (χ2n) is 13.2. The average Bonchev–Trinajstić information content (AvgIpc) is 3.26. The molecule has 0 spiro atoms. The van der Waals surface area contributed by atoms with Crippen LogP contribution in [-0.2, 0) is 23.1 Å². The number of ether oxygens (including phenoxy) is 2. The molecule has 184 valence electrons. The number of rotatable bonds is 7. The molecule has 0 N–H and O–H groups in total. The number of aldehydes is 1. The number of hydrogen-bond acceptors (Lipinski definition) is 5. The minimum atomic E-state index is -2.18. The highest BCUT2D eigenvalue weighted by Gasteiger charge is 2.68. The first-order valence-electron chi connectivity index (χ1n) is 12.2. The molecule has 0 amide bonds. The molecular weight excluding hydrogens is 436 g/mol. The predicted octanol–water partition coefficient (Wildman–Crippen LogP) is 5.78. The quantitative estimate of drug-likeness (QED) is 0.262.